The number of nitrogens with zero attached hydrogens (tertiary/aromatic N) is 1. The quantitative estimate of drug-likeness (QED) is 0.312. The number of nitro benzene ring substituents is 1. The van der Waals surface area contributed by atoms with Crippen molar-refractivity contribution in [2.24, 2.45) is 0 Å². The summed E-state index contributed by atoms with van der Waals surface area (Å²) in [5, 5.41) is 18.5. The maximum atomic E-state index is 13.7. The monoisotopic (exact) mass is 505 g/mol. The first-order valence-electron chi connectivity index (χ1n) is 11.4. The molecule has 0 fully saturated rings. The van der Waals surface area contributed by atoms with Crippen molar-refractivity contribution in [1.82, 2.24) is 0 Å². The Hall–Kier alpha value is -4.04. The van der Waals surface area contributed by atoms with Crippen molar-refractivity contribution in [2.75, 3.05) is 24.9 Å². The molecule has 2 unspecified atom stereocenters. The summed E-state index contributed by atoms with van der Waals surface area (Å²) in [4.78, 5) is 24.8. The number of ether oxygens (including phenoxy) is 2. The molecular formula is C27H24ClN3O5. The van der Waals surface area contributed by atoms with E-state index in [1.54, 1.807) is 20.3 Å². The van der Waals surface area contributed by atoms with E-state index in [0.717, 1.165) is 22.6 Å². The maximum absolute atomic E-state index is 13.7. The van der Waals surface area contributed by atoms with Crippen molar-refractivity contribution >= 4 is 34.4 Å². The van der Waals surface area contributed by atoms with Gasteiger partial charge in [-0.05, 0) is 53.8 Å². The minimum Gasteiger partial charge on any atom is -0.493 e. The van der Waals surface area contributed by atoms with Crippen LogP contribution in [0, 0.1) is 10.1 Å². The molecule has 0 aromatic heterocycles. The molecule has 5 rings (SSSR count). The van der Waals surface area contributed by atoms with Crippen molar-refractivity contribution in [1.29, 1.82) is 0 Å². The number of rotatable bonds is 5. The zero-order valence-electron chi connectivity index (χ0n) is 19.7. The lowest BCUT2D eigenvalue weighted by Crippen LogP contribution is -2.27. The van der Waals surface area contributed by atoms with Gasteiger partial charge < -0.3 is 20.1 Å². The number of carbonyl (C=O) groups excluding carboxylic acids is 1. The molecule has 184 valence electrons. The summed E-state index contributed by atoms with van der Waals surface area (Å²) in [6, 6.07) is 17.4. The summed E-state index contributed by atoms with van der Waals surface area (Å²) in [6.45, 7) is 0. The maximum Gasteiger partial charge on any atom is 0.288 e. The molecule has 0 amide bonds. The minimum absolute atomic E-state index is 0.0357. The molecule has 2 aliphatic rings. The number of para-hydroxylation sites is 2. The van der Waals surface area contributed by atoms with Crippen molar-refractivity contribution in [3.63, 3.8) is 0 Å². The molecule has 1 aliphatic heterocycles. The molecule has 3 aromatic carbocycles. The highest BCUT2D eigenvalue weighted by molar-refractivity contribution is 6.32. The number of fused-ring (bicyclic) bond motifs is 1. The van der Waals surface area contributed by atoms with Gasteiger partial charge in [0, 0.05) is 23.8 Å². The fourth-order valence-corrected chi connectivity index (χ4v) is 5.12. The van der Waals surface area contributed by atoms with Crippen LogP contribution in [0.15, 0.2) is 71.9 Å². The van der Waals surface area contributed by atoms with E-state index in [1.165, 1.54) is 12.1 Å². The predicted molar refractivity (Wildman–Crippen MR) is 138 cm³/mol. The summed E-state index contributed by atoms with van der Waals surface area (Å²) in [7, 11) is 3.17. The number of hydrogen-bond acceptors (Lipinski definition) is 7. The lowest BCUT2D eigenvalue weighted by atomic mass is 9.78. The Bertz CT molecular complexity index is 1400. The largest absolute Gasteiger partial charge is 0.493 e. The number of halogens is 1. The number of hydrogen-bond donors (Lipinski definition) is 2. The summed E-state index contributed by atoms with van der Waals surface area (Å²) in [6.07, 6.45) is 0.874. The first-order chi connectivity index (χ1) is 17.4. The van der Waals surface area contributed by atoms with Gasteiger partial charge in [0.05, 0.1) is 36.6 Å². The molecule has 8 nitrogen and oxygen atoms in total. The van der Waals surface area contributed by atoms with E-state index in [4.69, 9.17) is 21.1 Å². The second kappa shape index (κ2) is 9.54. The molecule has 3 aromatic rings. The zero-order chi connectivity index (χ0) is 25.4. The van der Waals surface area contributed by atoms with Crippen LogP contribution in [0.4, 0.5) is 17.1 Å². The van der Waals surface area contributed by atoms with Gasteiger partial charge in [0.25, 0.3) is 5.69 Å². The number of anilines is 2. The molecule has 0 spiro atoms. The molecule has 2 N–H and O–H groups in total. The Kier molecular flexibility index (Phi) is 6.28. The molecule has 1 heterocycles. The average molecular weight is 506 g/mol. The summed E-state index contributed by atoms with van der Waals surface area (Å²) < 4.78 is 10.8. The van der Waals surface area contributed by atoms with Gasteiger partial charge in [-0.15, -0.1) is 0 Å². The molecule has 36 heavy (non-hydrogen) atoms. The molecule has 0 bridgehead atoms. The number of nitro groups is 1. The molecule has 2 atom stereocenters. The number of nitrogens with one attached hydrogen (secondary N) is 2. The van der Waals surface area contributed by atoms with Gasteiger partial charge in [-0.2, -0.15) is 0 Å². The van der Waals surface area contributed by atoms with Crippen molar-refractivity contribution in [3.8, 4) is 11.5 Å². The van der Waals surface area contributed by atoms with Crippen molar-refractivity contribution in [2.45, 2.75) is 24.8 Å². The van der Waals surface area contributed by atoms with Crippen molar-refractivity contribution < 1.29 is 19.2 Å². The lowest BCUT2D eigenvalue weighted by Gasteiger charge is -2.30. The Morgan fingerprint density at radius 2 is 1.67 bits per heavy atom. The summed E-state index contributed by atoms with van der Waals surface area (Å²) in [5.41, 5.74) is 4.34. The SMILES string of the molecule is COc1ccc(C2CC(=O)C3=C(C2)Nc2ccccc2NC3c2ccc(Cl)c([N+](=O)[O-])c2)cc1OC. The third-order valence-electron chi connectivity index (χ3n) is 6.69. The Balaban J connectivity index is 1.60. The van der Waals surface area contributed by atoms with Gasteiger partial charge in [-0.3, -0.25) is 14.9 Å². The van der Waals surface area contributed by atoms with Gasteiger partial charge in [0.2, 0.25) is 0 Å². The average Bonchev–Trinajstić information content (AvgIpc) is 3.05. The predicted octanol–water partition coefficient (Wildman–Crippen LogP) is 6.24. The summed E-state index contributed by atoms with van der Waals surface area (Å²) >= 11 is 6.07. The molecule has 0 saturated heterocycles. The van der Waals surface area contributed by atoms with Crippen LogP contribution in [-0.4, -0.2) is 24.9 Å². The highest BCUT2D eigenvalue weighted by Gasteiger charge is 2.37. The van der Waals surface area contributed by atoms with E-state index in [1.807, 2.05) is 42.5 Å². The first-order valence-corrected chi connectivity index (χ1v) is 11.8. The molecule has 9 heteroatoms. The number of carbonyl (C=O) groups is 1. The van der Waals surface area contributed by atoms with E-state index in [2.05, 4.69) is 10.6 Å². The number of benzene rings is 3. The van der Waals surface area contributed by atoms with Crippen LogP contribution in [0.25, 0.3) is 0 Å². The highest BCUT2D eigenvalue weighted by atomic mass is 35.5. The lowest BCUT2D eigenvalue weighted by molar-refractivity contribution is -0.384. The Morgan fingerprint density at radius 1 is 0.944 bits per heavy atom. The highest BCUT2D eigenvalue weighted by Crippen LogP contribution is 2.45. The van der Waals surface area contributed by atoms with Gasteiger partial charge >= 0.3 is 0 Å². The van der Waals surface area contributed by atoms with E-state index in [-0.39, 0.29) is 22.4 Å². The van der Waals surface area contributed by atoms with Gasteiger partial charge in [-0.25, -0.2) is 0 Å². The van der Waals surface area contributed by atoms with Crippen LogP contribution in [0.1, 0.15) is 35.9 Å². The van der Waals surface area contributed by atoms with Crippen LogP contribution >= 0.6 is 11.6 Å². The normalized spacial score (nSPS) is 18.8. The topological polar surface area (TPSA) is 103 Å². The number of allylic oxidation sites excluding steroid dienone is 1. The number of Topliss-reactive ketones (excluding diaryl/α,β-unsaturated/α-hetero) is 1. The second-order valence-corrected chi connectivity index (χ2v) is 9.16. The Labute approximate surface area is 213 Å². The van der Waals surface area contributed by atoms with Crippen molar-refractivity contribution in [3.05, 3.63) is 98.2 Å². The summed E-state index contributed by atoms with van der Waals surface area (Å²) in [5.74, 6) is 1.12. The van der Waals surface area contributed by atoms with Gasteiger partial charge in [0.1, 0.15) is 5.02 Å². The smallest absolute Gasteiger partial charge is 0.288 e. The van der Waals surface area contributed by atoms with E-state index < -0.39 is 11.0 Å². The van der Waals surface area contributed by atoms with Gasteiger partial charge in [0.15, 0.2) is 17.3 Å². The number of methoxy groups -OCH3 is 2. The Morgan fingerprint density at radius 3 is 2.39 bits per heavy atom. The third-order valence-corrected chi connectivity index (χ3v) is 7.01. The molecule has 0 radical (unpaired) electrons. The first kappa shape index (κ1) is 23.7. The van der Waals surface area contributed by atoms with Crippen LogP contribution in [0.3, 0.4) is 0 Å². The van der Waals surface area contributed by atoms with E-state index in [9.17, 15) is 14.9 Å². The molecule has 0 saturated carbocycles. The zero-order valence-corrected chi connectivity index (χ0v) is 20.5. The standard InChI is InChI=1S/C27H24ClN3O5/c1-35-24-10-8-15(14-25(24)36-2)17-11-21-26(23(32)13-17)27(30-20-6-4-3-5-19(20)29-21)16-7-9-18(28)22(12-16)31(33)34/h3-10,12,14,17,27,29-30H,11,13H2,1-2H3. The third kappa shape index (κ3) is 4.24. The minimum atomic E-state index is -0.578. The van der Waals surface area contributed by atoms with Crippen LogP contribution in [0.2, 0.25) is 5.02 Å². The van der Waals surface area contributed by atoms with Gasteiger partial charge in [-0.1, -0.05) is 35.9 Å². The number of ketones is 1. The van der Waals surface area contributed by atoms with Crippen LogP contribution in [0.5, 0.6) is 11.5 Å². The second-order valence-electron chi connectivity index (χ2n) is 8.75. The fraction of sp³-hybridized carbons (Fsp3) is 0.222. The van der Waals surface area contributed by atoms with E-state index in [0.29, 0.717) is 35.5 Å². The van der Waals surface area contributed by atoms with Crippen LogP contribution < -0.4 is 20.1 Å². The molecule has 1 aliphatic carbocycles. The van der Waals surface area contributed by atoms with E-state index >= 15 is 0 Å². The van der Waals surface area contributed by atoms with Crippen LogP contribution in [-0.2, 0) is 4.79 Å². The molecular weight excluding hydrogens is 482 g/mol. The fourth-order valence-electron chi connectivity index (χ4n) is 4.93.